The smallest absolute Gasteiger partial charge is 0.263 e. The van der Waals surface area contributed by atoms with Crippen LogP contribution in [-0.2, 0) is 0 Å². The number of nitrogens with zero attached hydrogens (tertiary/aromatic N) is 3. The van der Waals surface area contributed by atoms with E-state index in [2.05, 4.69) is 15.0 Å². The van der Waals surface area contributed by atoms with Gasteiger partial charge in [-0.15, -0.1) is 0 Å². The lowest BCUT2D eigenvalue weighted by atomic mass is 10.1. The van der Waals surface area contributed by atoms with Gasteiger partial charge in [-0.3, -0.25) is 14.4 Å². The van der Waals surface area contributed by atoms with E-state index < -0.39 is 0 Å². The maximum absolute atomic E-state index is 11.2. The third-order valence-corrected chi connectivity index (χ3v) is 4.06. The number of aromatic nitrogens is 3. The van der Waals surface area contributed by atoms with Crippen LogP contribution in [0.4, 0.5) is 0 Å². The van der Waals surface area contributed by atoms with Gasteiger partial charge in [-0.2, -0.15) is 0 Å². The molecule has 0 radical (unpaired) electrons. The van der Waals surface area contributed by atoms with E-state index in [1.54, 1.807) is 27.0 Å². The Labute approximate surface area is 194 Å². The van der Waals surface area contributed by atoms with Gasteiger partial charge in [0, 0.05) is 17.8 Å². The van der Waals surface area contributed by atoms with Crippen molar-refractivity contribution in [2.24, 2.45) is 17.8 Å². The van der Waals surface area contributed by atoms with E-state index in [1.807, 2.05) is 41.5 Å². The van der Waals surface area contributed by atoms with Gasteiger partial charge in [0.2, 0.25) is 17.3 Å². The second-order valence-electron chi connectivity index (χ2n) is 8.42. The van der Waals surface area contributed by atoms with Crippen LogP contribution in [0, 0.1) is 38.5 Å². The molecule has 0 aliphatic rings. The third-order valence-electron chi connectivity index (χ3n) is 4.06. The van der Waals surface area contributed by atoms with E-state index in [0.717, 1.165) is 11.4 Å². The van der Waals surface area contributed by atoms with Crippen molar-refractivity contribution >= 4 is 17.3 Å². The number of ketones is 3. The number of rotatable bonds is 6. The second kappa shape index (κ2) is 12.6. The first-order valence-electron chi connectivity index (χ1n) is 10.7. The van der Waals surface area contributed by atoms with Crippen molar-refractivity contribution in [1.29, 1.82) is 0 Å². The number of aryl methyl sites for hydroxylation is 3. The van der Waals surface area contributed by atoms with Crippen molar-refractivity contribution in [1.82, 2.24) is 15.0 Å². The zero-order valence-corrected chi connectivity index (χ0v) is 20.8. The lowest BCUT2D eigenvalue weighted by Crippen LogP contribution is -2.07. The van der Waals surface area contributed by atoms with Crippen LogP contribution in [0.3, 0.4) is 0 Å². The first-order valence-corrected chi connectivity index (χ1v) is 10.7. The van der Waals surface area contributed by atoms with Crippen molar-refractivity contribution in [2.75, 3.05) is 0 Å². The highest BCUT2D eigenvalue weighted by molar-refractivity contribution is 5.93. The maximum atomic E-state index is 11.2. The number of carbonyl (C=O) groups excluding carboxylic acids is 3. The highest BCUT2D eigenvalue weighted by Crippen LogP contribution is 2.09. The fraction of sp³-hybridized carbons (Fsp3) is 0.500. The Kier molecular flexibility index (Phi) is 10.6. The minimum atomic E-state index is -0.0481. The zero-order valence-electron chi connectivity index (χ0n) is 20.8. The van der Waals surface area contributed by atoms with Crippen molar-refractivity contribution in [3.05, 3.63) is 53.5 Å². The molecule has 0 fully saturated rings. The molecule has 9 heteroatoms. The summed E-state index contributed by atoms with van der Waals surface area (Å²) in [6.07, 6.45) is 4.51. The average Bonchev–Trinajstić information content (AvgIpc) is 3.48. The molecule has 0 spiro atoms. The standard InChI is InChI=1S/3C8H11NO2/c2*1-5(2)7(10)8-9-6(3)4-11-8;1-5(2)7(10)8-9-4-6(3)11-8/h3*4-5H,1-3H3. The largest absolute Gasteiger partial charge is 0.442 e. The normalized spacial score (nSPS) is 10.5. The zero-order chi connectivity index (χ0) is 25.3. The molecule has 0 saturated carbocycles. The molecule has 0 aliphatic carbocycles. The van der Waals surface area contributed by atoms with Crippen LogP contribution in [0.25, 0.3) is 0 Å². The van der Waals surface area contributed by atoms with Crippen LogP contribution in [0.2, 0.25) is 0 Å². The molecule has 33 heavy (non-hydrogen) atoms. The van der Waals surface area contributed by atoms with Crippen LogP contribution in [-0.4, -0.2) is 32.3 Å². The van der Waals surface area contributed by atoms with Crippen LogP contribution in [0.5, 0.6) is 0 Å². The Morgan fingerprint density at radius 3 is 1.27 bits per heavy atom. The maximum Gasteiger partial charge on any atom is 0.263 e. The van der Waals surface area contributed by atoms with Gasteiger partial charge >= 0.3 is 0 Å². The number of hydrogen-bond acceptors (Lipinski definition) is 9. The first kappa shape index (κ1) is 27.7. The molecule has 3 rings (SSSR count). The van der Waals surface area contributed by atoms with Gasteiger partial charge in [0.15, 0.2) is 0 Å². The minimum absolute atomic E-state index is 0.0434. The van der Waals surface area contributed by atoms with Crippen molar-refractivity contribution < 1.29 is 27.6 Å². The fourth-order valence-electron chi connectivity index (χ4n) is 2.14. The van der Waals surface area contributed by atoms with Gasteiger partial charge in [-0.05, 0) is 20.8 Å². The van der Waals surface area contributed by atoms with Gasteiger partial charge in [0.25, 0.3) is 17.7 Å². The average molecular weight is 460 g/mol. The minimum Gasteiger partial charge on any atom is -0.442 e. The summed E-state index contributed by atoms with van der Waals surface area (Å²) in [5.74, 6) is 1.06. The third kappa shape index (κ3) is 8.96. The van der Waals surface area contributed by atoms with E-state index in [4.69, 9.17) is 13.3 Å². The lowest BCUT2D eigenvalue weighted by molar-refractivity contribution is 0.0897. The Hall–Kier alpha value is -3.36. The molecule has 3 heterocycles. The lowest BCUT2D eigenvalue weighted by Gasteiger charge is -1.96. The molecule has 3 aromatic rings. The van der Waals surface area contributed by atoms with Crippen molar-refractivity contribution in [2.45, 2.75) is 62.3 Å². The van der Waals surface area contributed by atoms with Crippen LogP contribution < -0.4 is 0 Å². The summed E-state index contributed by atoms with van der Waals surface area (Å²) < 4.78 is 14.9. The van der Waals surface area contributed by atoms with Crippen molar-refractivity contribution in [3.63, 3.8) is 0 Å². The predicted octanol–water partition coefficient (Wildman–Crippen LogP) is 5.47. The second-order valence-corrected chi connectivity index (χ2v) is 8.42. The summed E-state index contributed by atoms with van der Waals surface area (Å²) in [5.41, 5.74) is 1.49. The van der Waals surface area contributed by atoms with E-state index in [9.17, 15) is 14.4 Å². The predicted molar refractivity (Wildman–Crippen MR) is 121 cm³/mol. The molecule has 0 aliphatic heterocycles. The van der Waals surface area contributed by atoms with Crippen LogP contribution in [0.15, 0.2) is 32.0 Å². The molecule has 0 saturated heterocycles. The van der Waals surface area contributed by atoms with Gasteiger partial charge in [-0.1, -0.05) is 41.5 Å². The van der Waals surface area contributed by atoms with E-state index >= 15 is 0 Å². The molecule has 9 nitrogen and oxygen atoms in total. The SMILES string of the molecule is Cc1cnc(C(=O)C(C)C)o1.Cc1coc(C(=O)C(C)C)n1.Cc1coc(C(=O)C(C)C)n1. The highest BCUT2D eigenvalue weighted by Gasteiger charge is 2.16. The molecule has 0 atom stereocenters. The van der Waals surface area contributed by atoms with Gasteiger partial charge < -0.3 is 13.3 Å². The molecule has 0 bridgehead atoms. The van der Waals surface area contributed by atoms with Gasteiger partial charge in [0.05, 0.1) is 17.6 Å². The first-order chi connectivity index (χ1) is 15.3. The summed E-state index contributed by atoms with van der Waals surface area (Å²) in [5, 5.41) is 0. The van der Waals surface area contributed by atoms with E-state index in [1.165, 1.54) is 12.5 Å². The monoisotopic (exact) mass is 459 g/mol. The van der Waals surface area contributed by atoms with Gasteiger partial charge in [-0.25, -0.2) is 15.0 Å². The van der Waals surface area contributed by atoms with Crippen LogP contribution in [0.1, 0.15) is 90.7 Å². The molecular formula is C24H33N3O6. The molecule has 180 valence electrons. The molecule has 3 aromatic heterocycles. The molecular weight excluding hydrogens is 426 g/mol. The Morgan fingerprint density at radius 1 is 0.667 bits per heavy atom. The summed E-state index contributed by atoms with van der Waals surface area (Å²) in [6, 6.07) is 0. The summed E-state index contributed by atoms with van der Waals surface area (Å²) in [6.45, 7) is 16.3. The summed E-state index contributed by atoms with van der Waals surface area (Å²) in [4.78, 5) is 45.3. The number of oxazole rings is 3. The fourth-order valence-corrected chi connectivity index (χ4v) is 2.14. The number of carbonyl (C=O) groups is 3. The Balaban J connectivity index is 0.000000247. The van der Waals surface area contributed by atoms with E-state index in [0.29, 0.717) is 5.76 Å². The molecule has 0 unspecified atom stereocenters. The van der Waals surface area contributed by atoms with E-state index in [-0.39, 0.29) is 52.8 Å². The number of hydrogen-bond donors (Lipinski definition) is 0. The summed E-state index contributed by atoms with van der Waals surface area (Å²) in [7, 11) is 0. The molecule has 0 amide bonds. The molecule has 0 aromatic carbocycles. The Morgan fingerprint density at radius 2 is 1.03 bits per heavy atom. The quantitative estimate of drug-likeness (QED) is 0.441. The summed E-state index contributed by atoms with van der Waals surface area (Å²) >= 11 is 0. The van der Waals surface area contributed by atoms with Crippen molar-refractivity contribution in [3.8, 4) is 0 Å². The number of Topliss-reactive ketones (excluding diaryl/α,β-unsaturated/α-hetero) is 3. The van der Waals surface area contributed by atoms with Crippen LogP contribution >= 0.6 is 0 Å². The Bertz CT molecular complexity index is 922. The highest BCUT2D eigenvalue weighted by atomic mass is 16.4. The van der Waals surface area contributed by atoms with Gasteiger partial charge in [0.1, 0.15) is 18.3 Å². The topological polar surface area (TPSA) is 129 Å². The molecule has 0 N–H and O–H groups in total.